The highest BCUT2D eigenvalue weighted by Crippen LogP contribution is 2.27. The van der Waals surface area contributed by atoms with Crippen molar-refractivity contribution in [2.45, 2.75) is 63.3 Å². The molecule has 1 heterocycles. The van der Waals surface area contributed by atoms with Crippen LogP contribution in [0.5, 0.6) is 0 Å². The van der Waals surface area contributed by atoms with Crippen molar-refractivity contribution in [1.29, 1.82) is 0 Å². The zero-order valence-electron chi connectivity index (χ0n) is 9.85. The van der Waals surface area contributed by atoms with Crippen molar-refractivity contribution >= 4 is 0 Å². The van der Waals surface area contributed by atoms with Gasteiger partial charge in [-0.15, -0.1) is 0 Å². The van der Waals surface area contributed by atoms with E-state index < -0.39 is 0 Å². The van der Waals surface area contributed by atoms with Gasteiger partial charge in [-0.3, -0.25) is 4.90 Å². The highest BCUT2D eigenvalue weighted by Gasteiger charge is 2.35. The summed E-state index contributed by atoms with van der Waals surface area (Å²) in [5.74, 6) is 0. The number of nitrogens with zero attached hydrogens (tertiary/aromatic N) is 1. The van der Waals surface area contributed by atoms with Crippen molar-refractivity contribution in [2.24, 2.45) is 0 Å². The Hall–Kier alpha value is -0.120. The van der Waals surface area contributed by atoms with Crippen LogP contribution in [0, 0.1) is 0 Å². The Kier molecular flexibility index (Phi) is 3.65. The van der Waals surface area contributed by atoms with Crippen molar-refractivity contribution in [3.05, 3.63) is 0 Å². The number of hydrogen-bond acceptors (Lipinski definition) is 3. The number of hydrogen-bond donors (Lipinski definition) is 1. The van der Waals surface area contributed by atoms with E-state index in [1.807, 2.05) is 0 Å². The molecule has 2 fully saturated rings. The molecule has 0 amide bonds. The first kappa shape index (κ1) is 11.4. The maximum atomic E-state index is 10.0. The summed E-state index contributed by atoms with van der Waals surface area (Å²) in [6.07, 6.45) is 5.86. The average molecular weight is 213 g/mol. The molecule has 1 saturated heterocycles. The summed E-state index contributed by atoms with van der Waals surface area (Å²) in [6.45, 7) is 3.02. The normalized spacial score (nSPS) is 42.4. The fourth-order valence-corrected chi connectivity index (χ4v) is 3.07. The molecule has 2 unspecified atom stereocenters. The third-order valence-electron chi connectivity index (χ3n) is 4.08. The van der Waals surface area contributed by atoms with E-state index in [1.54, 1.807) is 0 Å². The second-order valence-electron chi connectivity index (χ2n) is 5.02. The highest BCUT2D eigenvalue weighted by molar-refractivity contribution is 4.89. The van der Waals surface area contributed by atoms with Crippen LogP contribution in [0.2, 0.25) is 0 Å². The van der Waals surface area contributed by atoms with E-state index in [9.17, 15) is 5.11 Å². The van der Waals surface area contributed by atoms with Gasteiger partial charge in [0.15, 0.2) is 0 Å². The second-order valence-corrected chi connectivity index (χ2v) is 5.02. The van der Waals surface area contributed by atoms with Gasteiger partial charge in [0.1, 0.15) is 0 Å². The van der Waals surface area contributed by atoms with Gasteiger partial charge in [-0.25, -0.2) is 0 Å². The van der Waals surface area contributed by atoms with Crippen LogP contribution < -0.4 is 0 Å². The largest absolute Gasteiger partial charge is 0.391 e. The molecule has 2 aliphatic rings. The van der Waals surface area contributed by atoms with Crippen LogP contribution in [0.25, 0.3) is 0 Å². The Morgan fingerprint density at radius 3 is 2.47 bits per heavy atom. The lowest BCUT2D eigenvalue weighted by molar-refractivity contribution is -0.00482. The molecule has 4 atom stereocenters. The number of aliphatic hydroxyl groups is 1. The maximum absolute atomic E-state index is 10.0. The van der Waals surface area contributed by atoms with Crippen LogP contribution in [0.15, 0.2) is 0 Å². The molecule has 1 saturated carbocycles. The summed E-state index contributed by atoms with van der Waals surface area (Å²) in [6, 6.07) is 0.857. The Morgan fingerprint density at radius 2 is 1.87 bits per heavy atom. The zero-order valence-corrected chi connectivity index (χ0v) is 9.85. The van der Waals surface area contributed by atoms with Gasteiger partial charge in [0.05, 0.1) is 12.2 Å². The molecule has 88 valence electrons. The quantitative estimate of drug-likeness (QED) is 0.752. The third kappa shape index (κ3) is 2.35. The van der Waals surface area contributed by atoms with E-state index in [1.165, 1.54) is 12.8 Å². The van der Waals surface area contributed by atoms with Gasteiger partial charge in [-0.2, -0.15) is 0 Å². The average Bonchev–Trinajstić information content (AvgIpc) is 2.64. The summed E-state index contributed by atoms with van der Waals surface area (Å²) in [7, 11) is 2.15. The molecule has 1 aliphatic heterocycles. The molecule has 0 spiro atoms. The lowest BCUT2D eigenvalue weighted by Gasteiger charge is -2.39. The van der Waals surface area contributed by atoms with Crippen molar-refractivity contribution in [3.8, 4) is 0 Å². The Labute approximate surface area is 92.4 Å². The minimum absolute atomic E-state index is 0.128. The Morgan fingerprint density at radius 1 is 1.13 bits per heavy atom. The van der Waals surface area contributed by atoms with Gasteiger partial charge < -0.3 is 9.84 Å². The predicted octanol–water partition coefficient (Wildman–Crippen LogP) is 1.40. The van der Waals surface area contributed by atoms with E-state index in [0.717, 1.165) is 25.9 Å². The number of aliphatic hydroxyl groups excluding tert-OH is 1. The Balaban J connectivity index is 1.96. The summed E-state index contributed by atoms with van der Waals surface area (Å²) >= 11 is 0. The molecule has 3 nitrogen and oxygen atoms in total. The molecular weight excluding hydrogens is 190 g/mol. The molecule has 3 heteroatoms. The SMILES string of the molecule is CC1OCCC1N(C)[C@@H]1CCCC[C@H]1O. The van der Waals surface area contributed by atoms with Crippen molar-refractivity contribution < 1.29 is 9.84 Å². The summed E-state index contributed by atoms with van der Waals surface area (Å²) in [5.41, 5.74) is 0. The smallest absolute Gasteiger partial charge is 0.0703 e. The first-order valence-corrected chi connectivity index (χ1v) is 6.21. The molecule has 0 aromatic carbocycles. The van der Waals surface area contributed by atoms with Crippen molar-refractivity contribution in [3.63, 3.8) is 0 Å². The third-order valence-corrected chi connectivity index (χ3v) is 4.08. The molecular formula is C12H23NO2. The maximum Gasteiger partial charge on any atom is 0.0703 e. The first-order chi connectivity index (χ1) is 7.20. The highest BCUT2D eigenvalue weighted by atomic mass is 16.5. The second kappa shape index (κ2) is 4.81. The van der Waals surface area contributed by atoms with Gasteiger partial charge in [-0.05, 0) is 33.2 Å². The summed E-state index contributed by atoms with van der Waals surface area (Å²) in [5, 5.41) is 10.0. The van der Waals surface area contributed by atoms with E-state index in [4.69, 9.17) is 4.74 Å². The van der Waals surface area contributed by atoms with Crippen LogP contribution in [-0.2, 0) is 4.74 Å². The van der Waals surface area contributed by atoms with Crippen LogP contribution >= 0.6 is 0 Å². The van der Waals surface area contributed by atoms with E-state index in [2.05, 4.69) is 18.9 Å². The van der Waals surface area contributed by atoms with Gasteiger partial charge in [0.2, 0.25) is 0 Å². The number of likely N-dealkylation sites (N-methyl/N-ethyl adjacent to an activating group) is 1. The fourth-order valence-electron chi connectivity index (χ4n) is 3.07. The lowest BCUT2D eigenvalue weighted by Crippen LogP contribution is -2.50. The molecule has 0 aromatic rings. The zero-order chi connectivity index (χ0) is 10.8. The summed E-state index contributed by atoms with van der Waals surface area (Å²) in [4.78, 5) is 2.36. The molecule has 0 aromatic heterocycles. The summed E-state index contributed by atoms with van der Waals surface area (Å²) < 4.78 is 5.59. The van der Waals surface area contributed by atoms with Crippen LogP contribution in [0.4, 0.5) is 0 Å². The monoisotopic (exact) mass is 213 g/mol. The molecule has 15 heavy (non-hydrogen) atoms. The van der Waals surface area contributed by atoms with Gasteiger partial charge in [-0.1, -0.05) is 12.8 Å². The Bertz CT molecular complexity index is 210. The van der Waals surface area contributed by atoms with Gasteiger partial charge in [0, 0.05) is 18.7 Å². The fraction of sp³-hybridized carbons (Fsp3) is 1.00. The molecule has 1 N–H and O–H groups in total. The number of ether oxygens (including phenoxy) is 1. The minimum atomic E-state index is -0.128. The number of rotatable bonds is 2. The van der Waals surface area contributed by atoms with Gasteiger partial charge >= 0.3 is 0 Å². The predicted molar refractivity (Wildman–Crippen MR) is 59.8 cm³/mol. The minimum Gasteiger partial charge on any atom is -0.391 e. The van der Waals surface area contributed by atoms with E-state index in [0.29, 0.717) is 18.2 Å². The van der Waals surface area contributed by atoms with Crippen molar-refractivity contribution in [1.82, 2.24) is 4.90 Å². The van der Waals surface area contributed by atoms with Crippen LogP contribution in [-0.4, -0.2) is 48.0 Å². The molecule has 2 rings (SSSR count). The van der Waals surface area contributed by atoms with Crippen molar-refractivity contribution in [2.75, 3.05) is 13.7 Å². The standard InChI is InChI=1S/C12H23NO2/c1-9-10(7-8-15-9)13(2)11-5-3-4-6-12(11)14/h9-12,14H,3-8H2,1-2H3/t9?,10?,11-,12-/m1/s1. The first-order valence-electron chi connectivity index (χ1n) is 6.21. The van der Waals surface area contributed by atoms with E-state index >= 15 is 0 Å². The molecule has 0 bridgehead atoms. The van der Waals surface area contributed by atoms with Crippen LogP contribution in [0.3, 0.4) is 0 Å². The molecule has 0 radical (unpaired) electrons. The lowest BCUT2D eigenvalue weighted by atomic mass is 9.90. The van der Waals surface area contributed by atoms with Gasteiger partial charge in [0.25, 0.3) is 0 Å². The van der Waals surface area contributed by atoms with E-state index in [-0.39, 0.29) is 6.10 Å². The topological polar surface area (TPSA) is 32.7 Å². The van der Waals surface area contributed by atoms with Crippen LogP contribution in [0.1, 0.15) is 39.0 Å². The molecule has 1 aliphatic carbocycles.